The Hall–Kier alpha value is -4.51. The highest BCUT2D eigenvalue weighted by Crippen LogP contribution is 2.48. The van der Waals surface area contributed by atoms with E-state index in [1.807, 2.05) is 48.8 Å². The number of fused-ring (bicyclic) bond motifs is 3. The van der Waals surface area contributed by atoms with E-state index in [1.54, 1.807) is 39.0 Å². The first kappa shape index (κ1) is 44.1. The SMILES string of the molecule is CC(C)n1c(O[C@@H]2C[C@H]3C(=O)N[C@]4(C(=O)NS(=O)(=O)C5(C)CC5)C[C@H]4/C=C\CCCCC[C@H](NC(=O)OC(C)(C)C)C(=O)N3C2)nc2c(-c3nc(C4CCCC4)cs3)cccc21. The van der Waals surface area contributed by atoms with Gasteiger partial charge in [0.2, 0.25) is 21.8 Å². The molecule has 4 fully saturated rings. The van der Waals surface area contributed by atoms with Gasteiger partial charge in [-0.2, -0.15) is 4.98 Å². The molecule has 1 aromatic carbocycles. The molecule has 3 saturated carbocycles. The van der Waals surface area contributed by atoms with Crippen molar-refractivity contribution in [3.05, 3.63) is 41.4 Å². The van der Waals surface area contributed by atoms with E-state index in [1.165, 1.54) is 17.7 Å². The number of nitrogens with zero attached hydrogens (tertiary/aromatic N) is 4. The van der Waals surface area contributed by atoms with Crippen LogP contribution in [0.5, 0.6) is 6.01 Å². The molecule has 2 aromatic heterocycles. The second-order valence-electron chi connectivity index (χ2n) is 19.5. The first-order chi connectivity index (χ1) is 29.4. The van der Waals surface area contributed by atoms with Gasteiger partial charge in [-0.15, -0.1) is 11.3 Å². The normalized spacial score (nSPS) is 27.4. The zero-order chi connectivity index (χ0) is 44.2. The smallest absolute Gasteiger partial charge is 0.408 e. The van der Waals surface area contributed by atoms with Crippen molar-refractivity contribution < 1.29 is 37.1 Å². The lowest BCUT2D eigenvalue weighted by Crippen LogP contribution is -2.58. The fourth-order valence-electron chi connectivity index (χ4n) is 9.21. The van der Waals surface area contributed by atoms with Gasteiger partial charge in [0.05, 0.1) is 22.5 Å². The van der Waals surface area contributed by atoms with E-state index in [0.717, 1.165) is 53.0 Å². The molecule has 4 amide bonds. The number of aromatic nitrogens is 3. The number of ether oxygens (including phenoxy) is 2. The standard InChI is InChI=1S/C45H61N7O8S2/c1-27(2)52-34-20-14-18-31(38-46-33(26-61-38)28-15-12-13-16-28)36(34)48-41(52)59-30-23-35-37(53)49-45(40(55)50-62(57,58)44(6)21-22-44)24-29(45)17-10-8-7-9-11-19-32(39(54)51(35)25-30)47-42(56)60-43(3,4)5/h10,14,17-18,20,26-30,32,35H,7-9,11-13,15-16,19,21-25H2,1-6H3,(H,47,56)(H,49,53)(H,50,55)/b17-10-/t29-,30-,32+,35+,45-/m1/s1. The number of hydrogen-bond acceptors (Lipinski definition) is 11. The van der Waals surface area contributed by atoms with Crippen LogP contribution in [0.3, 0.4) is 0 Å². The maximum atomic E-state index is 14.8. The molecule has 3 N–H and O–H groups in total. The summed E-state index contributed by atoms with van der Waals surface area (Å²) in [5.41, 5.74) is 1.30. The van der Waals surface area contributed by atoms with Crippen molar-refractivity contribution in [2.45, 2.75) is 171 Å². The monoisotopic (exact) mass is 891 g/mol. The number of amides is 4. The second kappa shape index (κ2) is 16.9. The van der Waals surface area contributed by atoms with Gasteiger partial charge < -0.3 is 25.0 Å². The van der Waals surface area contributed by atoms with Crippen LogP contribution in [0, 0.1) is 5.92 Å². The van der Waals surface area contributed by atoms with Crippen molar-refractivity contribution in [2.24, 2.45) is 5.92 Å². The fraction of sp³-hybridized carbons (Fsp3) is 0.644. The van der Waals surface area contributed by atoms with Crippen molar-refractivity contribution in [3.63, 3.8) is 0 Å². The van der Waals surface area contributed by atoms with Crippen molar-refractivity contribution in [2.75, 3.05) is 6.54 Å². The summed E-state index contributed by atoms with van der Waals surface area (Å²) in [6.07, 6.45) is 11.5. The van der Waals surface area contributed by atoms with Crippen molar-refractivity contribution in [1.82, 2.24) is 34.8 Å². The zero-order valence-electron chi connectivity index (χ0n) is 36.7. The third-order valence-electron chi connectivity index (χ3n) is 13.2. The third-order valence-corrected chi connectivity index (χ3v) is 16.2. The largest absolute Gasteiger partial charge is 0.459 e. The van der Waals surface area contributed by atoms with Crippen LogP contribution in [0.15, 0.2) is 35.7 Å². The number of carbonyl (C=O) groups excluding carboxylic acids is 4. The number of para-hydroxylation sites is 1. The minimum absolute atomic E-state index is 0.00985. The highest BCUT2D eigenvalue weighted by atomic mass is 32.2. The molecule has 5 atom stereocenters. The minimum atomic E-state index is -4.00. The van der Waals surface area contributed by atoms with E-state index < -0.39 is 73.8 Å². The number of hydrogen-bond donors (Lipinski definition) is 3. The van der Waals surface area contributed by atoms with Crippen LogP contribution in [0.4, 0.5) is 4.79 Å². The number of imidazole rings is 1. The van der Waals surface area contributed by atoms with Crippen LogP contribution >= 0.6 is 11.3 Å². The van der Waals surface area contributed by atoms with Gasteiger partial charge in [0.1, 0.15) is 39.9 Å². The predicted molar refractivity (Wildman–Crippen MR) is 236 cm³/mol. The number of thiazole rings is 1. The fourth-order valence-corrected chi connectivity index (χ4v) is 11.5. The highest BCUT2D eigenvalue weighted by molar-refractivity contribution is 7.91. The van der Waals surface area contributed by atoms with E-state index >= 15 is 0 Å². The number of nitrogens with one attached hydrogen (secondary N) is 3. The Morgan fingerprint density at radius 3 is 2.48 bits per heavy atom. The lowest BCUT2D eigenvalue weighted by molar-refractivity contribution is -0.141. The Balaban J connectivity index is 1.11. The number of rotatable bonds is 9. The first-order valence-electron chi connectivity index (χ1n) is 22.4. The zero-order valence-corrected chi connectivity index (χ0v) is 38.3. The lowest BCUT2D eigenvalue weighted by Gasteiger charge is -2.30. The molecule has 0 spiro atoms. The van der Waals surface area contributed by atoms with Crippen molar-refractivity contribution in [1.29, 1.82) is 0 Å². The molecule has 336 valence electrons. The summed E-state index contributed by atoms with van der Waals surface area (Å²) < 4.78 is 42.1. The van der Waals surface area contributed by atoms with Gasteiger partial charge in [-0.3, -0.25) is 23.7 Å². The Morgan fingerprint density at radius 1 is 1.03 bits per heavy atom. The molecule has 0 radical (unpaired) electrons. The Bertz CT molecular complexity index is 2360. The van der Waals surface area contributed by atoms with Crippen LogP contribution in [-0.4, -0.2) is 92.3 Å². The average Bonchev–Trinajstić information content (AvgIpc) is 3.69. The van der Waals surface area contributed by atoms with Gasteiger partial charge in [0.25, 0.3) is 11.9 Å². The molecule has 15 nitrogen and oxygen atoms in total. The van der Waals surface area contributed by atoms with Crippen LogP contribution in [0.2, 0.25) is 0 Å². The number of sulfonamides is 1. The maximum Gasteiger partial charge on any atom is 0.408 e. The summed E-state index contributed by atoms with van der Waals surface area (Å²) in [7, 11) is -4.00. The molecule has 1 saturated heterocycles. The Kier molecular flexibility index (Phi) is 12.0. The summed E-state index contributed by atoms with van der Waals surface area (Å²) in [6, 6.07) is 4.16. The molecule has 8 rings (SSSR count). The summed E-state index contributed by atoms with van der Waals surface area (Å²) in [5, 5.41) is 8.78. The van der Waals surface area contributed by atoms with Gasteiger partial charge >= 0.3 is 6.09 Å². The summed E-state index contributed by atoms with van der Waals surface area (Å²) in [5.74, 6) is -1.84. The molecule has 3 aromatic rings. The molecule has 3 aliphatic carbocycles. The van der Waals surface area contributed by atoms with E-state index in [9.17, 15) is 27.6 Å². The molecule has 62 heavy (non-hydrogen) atoms. The number of allylic oxidation sites excluding steroid dienone is 1. The Morgan fingerprint density at radius 2 is 1.77 bits per heavy atom. The summed E-state index contributed by atoms with van der Waals surface area (Å²) in [6.45, 7) is 10.9. The molecule has 4 heterocycles. The van der Waals surface area contributed by atoms with Crippen molar-refractivity contribution in [3.8, 4) is 16.6 Å². The molecule has 17 heteroatoms. The van der Waals surface area contributed by atoms with E-state index in [4.69, 9.17) is 19.4 Å². The van der Waals surface area contributed by atoms with Gasteiger partial charge in [-0.25, -0.2) is 18.2 Å². The maximum absolute atomic E-state index is 14.8. The molecular weight excluding hydrogens is 831 g/mol. The number of carbonyl (C=O) groups is 4. The number of benzene rings is 1. The number of alkyl carbamates (subject to hydrolysis) is 1. The summed E-state index contributed by atoms with van der Waals surface area (Å²) in [4.78, 5) is 68.2. The van der Waals surface area contributed by atoms with Gasteiger partial charge in [0, 0.05) is 35.2 Å². The van der Waals surface area contributed by atoms with Gasteiger partial charge in [-0.1, -0.05) is 43.9 Å². The molecule has 0 bridgehead atoms. The molecule has 2 aliphatic heterocycles. The predicted octanol–water partition coefficient (Wildman–Crippen LogP) is 7.03. The molecular formula is C45H61N7O8S2. The Labute approximate surface area is 368 Å². The molecule has 5 aliphatic rings. The lowest BCUT2D eigenvalue weighted by atomic mass is 10.0. The van der Waals surface area contributed by atoms with Gasteiger partial charge in [-0.05, 0) is 105 Å². The van der Waals surface area contributed by atoms with Crippen LogP contribution in [0.1, 0.15) is 143 Å². The van der Waals surface area contributed by atoms with E-state index in [-0.39, 0.29) is 25.4 Å². The van der Waals surface area contributed by atoms with E-state index in [2.05, 4.69) is 20.7 Å². The van der Waals surface area contributed by atoms with Crippen LogP contribution in [-0.2, 0) is 29.1 Å². The minimum Gasteiger partial charge on any atom is -0.459 e. The average molecular weight is 892 g/mol. The quantitative estimate of drug-likeness (QED) is 0.188. The van der Waals surface area contributed by atoms with Crippen LogP contribution in [0.25, 0.3) is 21.6 Å². The second-order valence-corrected chi connectivity index (χ2v) is 22.5. The van der Waals surface area contributed by atoms with E-state index in [0.29, 0.717) is 44.0 Å². The van der Waals surface area contributed by atoms with Crippen molar-refractivity contribution >= 4 is 56.2 Å². The topological polar surface area (TPSA) is 191 Å². The van der Waals surface area contributed by atoms with Crippen LogP contribution < -0.4 is 20.1 Å². The summed E-state index contributed by atoms with van der Waals surface area (Å²) >= 11 is 1.61. The highest BCUT2D eigenvalue weighted by Gasteiger charge is 2.63. The van der Waals surface area contributed by atoms with Gasteiger partial charge in [0.15, 0.2) is 0 Å². The third kappa shape index (κ3) is 8.97. The molecule has 0 unspecified atom stereocenters. The first-order valence-corrected chi connectivity index (χ1v) is 24.7.